The molecule has 1 amide bonds. The monoisotopic (exact) mass is 306 g/mol. The highest BCUT2D eigenvalue weighted by atomic mass is 32.1. The molecule has 0 aliphatic rings. The van der Waals surface area contributed by atoms with Crippen LogP contribution in [0.3, 0.4) is 0 Å². The fourth-order valence-electron chi connectivity index (χ4n) is 1.91. The zero-order valence-electron chi connectivity index (χ0n) is 12.3. The van der Waals surface area contributed by atoms with Crippen LogP contribution in [-0.2, 0) is 17.9 Å². The van der Waals surface area contributed by atoms with Crippen molar-refractivity contribution in [2.45, 2.75) is 26.9 Å². The predicted octanol–water partition coefficient (Wildman–Crippen LogP) is 1.85. The average molecular weight is 306 g/mol. The first kappa shape index (κ1) is 15.3. The molecule has 0 aliphatic heterocycles. The molecule has 21 heavy (non-hydrogen) atoms. The second kappa shape index (κ2) is 6.58. The van der Waals surface area contributed by atoms with Gasteiger partial charge >= 0.3 is 4.87 Å². The summed E-state index contributed by atoms with van der Waals surface area (Å²) >= 11 is 1.17. The highest BCUT2D eigenvalue weighted by Gasteiger charge is 2.11. The number of rotatable bonds is 5. The lowest BCUT2D eigenvalue weighted by Gasteiger charge is -2.08. The van der Waals surface area contributed by atoms with E-state index in [1.165, 1.54) is 15.9 Å². The molecule has 1 aromatic heterocycles. The van der Waals surface area contributed by atoms with E-state index in [0.29, 0.717) is 6.54 Å². The van der Waals surface area contributed by atoms with Crippen molar-refractivity contribution in [3.63, 3.8) is 0 Å². The second-order valence-corrected chi connectivity index (χ2v) is 5.89. The molecule has 0 fully saturated rings. The number of methoxy groups -OCH3 is 1. The molecular weight excluding hydrogens is 288 g/mol. The maximum atomic E-state index is 11.9. The van der Waals surface area contributed by atoms with Gasteiger partial charge in [0.2, 0.25) is 5.91 Å². The summed E-state index contributed by atoms with van der Waals surface area (Å²) in [4.78, 5) is 24.5. The minimum Gasteiger partial charge on any atom is -0.497 e. The molecule has 0 atom stereocenters. The number of thiazole rings is 1. The van der Waals surface area contributed by atoms with Gasteiger partial charge in [-0.1, -0.05) is 23.5 Å². The SMILES string of the molecule is COc1ccc(CNC(=O)Cn2c(C)c(C)sc2=O)cc1. The van der Waals surface area contributed by atoms with Crippen LogP contribution in [0.25, 0.3) is 0 Å². The molecule has 0 unspecified atom stereocenters. The number of amides is 1. The molecule has 0 bridgehead atoms. The molecule has 0 saturated carbocycles. The summed E-state index contributed by atoms with van der Waals surface area (Å²) in [6.45, 7) is 4.22. The third-order valence-corrected chi connectivity index (χ3v) is 4.32. The molecule has 0 radical (unpaired) electrons. The minimum atomic E-state index is -0.172. The number of nitrogens with zero attached hydrogens (tertiary/aromatic N) is 1. The lowest BCUT2D eigenvalue weighted by Crippen LogP contribution is -2.30. The van der Waals surface area contributed by atoms with Gasteiger partial charge in [0.15, 0.2) is 0 Å². The van der Waals surface area contributed by atoms with Gasteiger partial charge in [0.25, 0.3) is 0 Å². The van der Waals surface area contributed by atoms with E-state index in [4.69, 9.17) is 4.74 Å². The summed E-state index contributed by atoms with van der Waals surface area (Å²) in [5.41, 5.74) is 1.83. The Balaban J connectivity index is 1.94. The third kappa shape index (κ3) is 3.72. The molecular formula is C15H18N2O3S. The van der Waals surface area contributed by atoms with Crippen LogP contribution in [0.5, 0.6) is 5.75 Å². The molecule has 112 valence electrons. The Bertz CT molecular complexity index is 686. The van der Waals surface area contributed by atoms with E-state index in [0.717, 1.165) is 21.9 Å². The maximum absolute atomic E-state index is 11.9. The molecule has 2 rings (SSSR count). The van der Waals surface area contributed by atoms with Crippen LogP contribution in [0.2, 0.25) is 0 Å². The summed E-state index contributed by atoms with van der Waals surface area (Å²) in [6.07, 6.45) is 0. The van der Waals surface area contributed by atoms with Gasteiger partial charge in [0.1, 0.15) is 12.3 Å². The fraction of sp³-hybridized carbons (Fsp3) is 0.333. The first-order valence-corrected chi connectivity index (χ1v) is 7.39. The zero-order valence-corrected chi connectivity index (χ0v) is 13.1. The summed E-state index contributed by atoms with van der Waals surface area (Å²) in [6, 6.07) is 7.48. The fourth-order valence-corrected chi connectivity index (χ4v) is 2.75. The van der Waals surface area contributed by atoms with E-state index >= 15 is 0 Å². The van der Waals surface area contributed by atoms with Crippen LogP contribution in [-0.4, -0.2) is 17.6 Å². The topological polar surface area (TPSA) is 60.3 Å². The molecule has 1 N–H and O–H groups in total. The first-order valence-electron chi connectivity index (χ1n) is 6.57. The van der Waals surface area contributed by atoms with Gasteiger partial charge < -0.3 is 10.1 Å². The standard InChI is InChI=1S/C15H18N2O3S/c1-10-11(2)21-15(19)17(10)9-14(18)16-8-12-4-6-13(20-3)7-5-12/h4-7H,8-9H2,1-3H3,(H,16,18). The van der Waals surface area contributed by atoms with Crippen molar-refractivity contribution in [2.24, 2.45) is 0 Å². The second-order valence-electron chi connectivity index (χ2n) is 4.72. The van der Waals surface area contributed by atoms with E-state index in [1.807, 2.05) is 38.1 Å². The van der Waals surface area contributed by atoms with Crippen LogP contribution in [0.1, 0.15) is 16.1 Å². The smallest absolute Gasteiger partial charge is 0.308 e. The summed E-state index contributed by atoms with van der Waals surface area (Å²) < 4.78 is 6.58. The van der Waals surface area contributed by atoms with E-state index in [-0.39, 0.29) is 17.3 Å². The van der Waals surface area contributed by atoms with E-state index in [2.05, 4.69) is 5.32 Å². The number of ether oxygens (including phenoxy) is 1. The quantitative estimate of drug-likeness (QED) is 0.917. The zero-order chi connectivity index (χ0) is 15.4. The molecule has 6 heteroatoms. The van der Waals surface area contributed by atoms with Crippen molar-refractivity contribution in [1.29, 1.82) is 0 Å². The van der Waals surface area contributed by atoms with Crippen LogP contribution in [0.15, 0.2) is 29.1 Å². The number of carbonyl (C=O) groups is 1. The van der Waals surface area contributed by atoms with Crippen molar-refractivity contribution in [2.75, 3.05) is 7.11 Å². The number of aromatic nitrogens is 1. The molecule has 0 aliphatic carbocycles. The Labute approximate surface area is 127 Å². The Morgan fingerprint density at radius 3 is 2.48 bits per heavy atom. The Morgan fingerprint density at radius 2 is 1.95 bits per heavy atom. The highest BCUT2D eigenvalue weighted by Crippen LogP contribution is 2.11. The van der Waals surface area contributed by atoms with Crippen molar-refractivity contribution in [3.05, 3.63) is 50.1 Å². The van der Waals surface area contributed by atoms with Crippen molar-refractivity contribution in [3.8, 4) is 5.75 Å². The summed E-state index contributed by atoms with van der Waals surface area (Å²) in [7, 11) is 1.61. The predicted molar refractivity (Wildman–Crippen MR) is 82.9 cm³/mol. The van der Waals surface area contributed by atoms with Crippen LogP contribution in [0.4, 0.5) is 0 Å². The third-order valence-electron chi connectivity index (χ3n) is 3.33. The summed E-state index contributed by atoms with van der Waals surface area (Å²) in [5.74, 6) is 0.606. The Morgan fingerprint density at radius 1 is 1.29 bits per heavy atom. The first-order chi connectivity index (χ1) is 10.0. The largest absolute Gasteiger partial charge is 0.497 e. The van der Waals surface area contributed by atoms with Gasteiger partial charge in [-0.25, -0.2) is 0 Å². The van der Waals surface area contributed by atoms with Crippen molar-refractivity contribution >= 4 is 17.2 Å². The number of aryl methyl sites for hydroxylation is 1. The van der Waals surface area contributed by atoms with Crippen molar-refractivity contribution < 1.29 is 9.53 Å². The minimum absolute atomic E-state index is 0.0607. The molecule has 0 spiro atoms. The van der Waals surface area contributed by atoms with Gasteiger partial charge in [-0.15, -0.1) is 0 Å². The van der Waals surface area contributed by atoms with Crippen LogP contribution in [0, 0.1) is 13.8 Å². The van der Waals surface area contributed by atoms with Gasteiger partial charge in [-0.3, -0.25) is 14.2 Å². The lowest BCUT2D eigenvalue weighted by molar-refractivity contribution is -0.121. The lowest BCUT2D eigenvalue weighted by atomic mass is 10.2. The van der Waals surface area contributed by atoms with E-state index in [1.54, 1.807) is 7.11 Å². The number of carbonyl (C=O) groups excluding carboxylic acids is 1. The highest BCUT2D eigenvalue weighted by molar-refractivity contribution is 7.09. The summed E-state index contributed by atoms with van der Waals surface area (Å²) in [5, 5.41) is 2.81. The van der Waals surface area contributed by atoms with Crippen LogP contribution >= 0.6 is 11.3 Å². The van der Waals surface area contributed by atoms with Gasteiger partial charge in [0.05, 0.1) is 7.11 Å². The Kier molecular flexibility index (Phi) is 4.80. The van der Waals surface area contributed by atoms with Gasteiger partial charge in [0, 0.05) is 17.1 Å². The molecule has 5 nitrogen and oxygen atoms in total. The molecule has 1 heterocycles. The molecule has 1 aromatic carbocycles. The average Bonchev–Trinajstić information content (AvgIpc) is 2.72. The van der Waals surface area contributed by atoms with Gasteiger partial charge in [-0.05, 0) is 31.5 Å². The number of nitrogens with one attached hydrogen (secondary N) is 1. The number of hydrogen-bond acceptors (Lipinski definition) is 4. The molecule has 0 saturated heterocycles. The van der Waals surface area contributed by atoms with E-state index in [9.17, 15) is 9.59 Å². The van der Waals surface area contributed by atoms with Gasteiger partial charge in [-0.2, -0.15) is 0 Å². The normalized spacial score (nSPS) is 10.4. The molecule has 2 aromatic rings. The van der Waals surface area contributed by atoms with Crippen LogP contribution < -0.4 is 14.9 Å². The number of benzene rings is 1. The maximum Gasteiger partial charge on any atom is 0.308 e. The number of hydrogen-bond donors (Lipinski definition) is 1. The van der Waals surface area contributed by atoms with Crippen molar-refractivity contribution in [1.82, 2.24) is 9.88 Å². The van der Waals surface area contributed by atoms with E-state index < -0.39 is 0 Å². The Hall–Kier alpha value is -2.08.